The number of rotatable bonds is 5. The second-order valence-corrected chi connectivity index (χ2v) is 5.92. The van der Waals surface area contributed by atoms with E-state index in [1.165, 1.54) is 4.90 Å². The van der Waals surface area contributed by atoms with E-state index in [9.17, 15) is 13.6 Å². The average molecular weight is 331 g/mol. The first kappa shape index (κ1) is 16.4. The molecule has 24 heavy (non-hydrogen) atoms. The maximum absolute atomic E-state index is 12.9. The molecule has 1 aliphatic heterocycles. The molecule has 0 saturated heterocycles. The van der Waals surface area contributed by atoms with Crippen LogP contribution in [0.5, 0.6) is 5.75 Å². The van der Waals surface area contributed by atoms with Gasteiger partial charge in [0.1, 0.15) is 12.4 Å². The Morgan fingerprint density at radius 1 is 1.12 bits per heavy atom. The zero-order valence-electron chi connectivity index (χ0n) is 13.2. The lowest BCUT2D eigenvalue weighted by molar-refractivity contribution is -0.139. The van der Waals surface area contributed by atoms with Crippen molar-refractivity contribution >= 4 is 5.91 Å². The second-order valence-electron chi connectivity index (χ2n) is 5.92. The van der Waals surface area contributed by atoms with E-state index < -0.39 is 18.9 Å². The summed E-state index contributed by atoms with van der Waals surface area (Å²) >= 11 is 0. The minimum atomic E-state index is -2.56. The predicted octanol–water partition coefficient (Wildman–Crippen LogP) is 3.53. The summed E-state index contributed by atoms with van der Waals surface area (Å²) in [7, 11) is 0. The zero-order chi connectivity index (χ0) is 16.9. The summed E-state index contributed by atoms with van der Waals surface area (Å²) in [4.78, 5) is 14.0. The fraction of sp³-hybridized carbons (Fsp3) is 0.316. The molecule has 3 nitrogen and oxygen atoms in total. The number of nitrogens with zero attached hydrogens (tertiary/aromatic N) is 1. The van der Waals surface area contributed by atoms with Crippen LogP contribution < -0.4 is 4.74 Å². The lowest BCUT2D eigenvalue weighted by Gasteiger charge is -2.30. The van der Waals surface area contributed by atoms with Gasteiger partial charge in [-0.15, -0.1) is 0 Å². The van der Waals surface area contributed by atoms with Gasteiger partial charge in [0.05, 0.1) is 12.5 Å². The predicted molar refractivity (Wildman–Crippen MR) is 87.0 cm³/mol. The van der Waals surface area contributed by atoms with Crippen molar-refractivity contribution in [2.45, 2.75) is 19.4 Å². The maximum atomic E-state index is 12.9. The van der Waals surface area contributed by atoms with Crippen LogP contribution in [0.2, 0.25) is 0 Å². The number of hydrogen-bond donors (Lipinski definition) is 0. The van der Waals surface area contributed by atoms with Crippen molar-refractivity contribution in [3.63, 3.8) is 0 Å². The minimum Gasteiger partial charge on any atom is -0.492 e. The molecule has 0 fully saturated rings. The highest BCUT2D eigenvalue weighted by Crippen LogP contribution is 2.28. The Labute approximate surface area is 139 Å². The zero-order valence-corrected chi connectivity index (χ0v) is 13.2. The molecule has 1 amide bonds. The summed E-state index contributed by atoms with van der Waals surface area (Å²) in [6.45, 7) is -0.154. The summed E-state index contributed by atoms with van der Waals surface area (Å²) in [6.07, 6.45) is -2.04. The summed E-state index contributed by atoms with van der Waals surface area (Å²) in [5.74, 6) is 0.0565. The van der Waals surface area contributed by atoms with Gasteiger partial charge in [-0.05, 0) is 23.6 Å². The number of carbonyl (C=O) groups is 1. The number of alkyl halides is 2. The van der Waals surface area contributed by atoms with E-state index >= 15 is 0 Å². The molecular formula is C19H19F2NO2. The van der Waals surface area contributed by atoms with E-state index in [-0.39, 0.29) is 19.1 Å². The van der Waals surface area contributed by atoms with Gasteiger partial charge in [0, 0.05) is 6.54 Å². The number of hydrogen-bond acceptors (Lipinski definition) is 2. The molecule has 1 heterocycles. The van der Waals surface area contributed by atoms with Crippen LogP contribution in [0, 0.1) is 5.92 Å². The van der Waals surface area contributed by atoms with Gasteiger partial charge in [-0.25, -0.2) is 8.78 Å². The maximum Gasteiger partial charge on any atom is 0.255 e. The first-order chi connectivity index (χ1) is 11.6. The minimum absolute atomic E-state index is 0.183. The highest BCUT2D eigenvalue weighted by molar-refractivity contribution is 5.79. The van der Waals surface area contributed by atoms with Crippen molar-refractivity contribution in [1.82, 2.24) is 4.90 Å². The smallest absolute Gasteiger partial charge is 0.255 e. The molecule has 0 aromatic heterocycles. The molecule has 2 aromatic carbocycles. The Morgan fingerprint density at radius 2 is 1.83 bits per heavy atom. The van der Waals surface area contributed by atoms with Crippen molar-refractivity contribution in [3.05, 3.63) is 65.7 Å². The fourth-order valence-corrected chi connectivity index (χ4v) is 2.95. The lowest BCUT2D eigenvalue weighted by Crippen LogP contribution is -2.42. The van der Waals surface area contributed by atoms with E-state index in [0.717, 1.165) is 16.9 Å². The number of fused-ring (bicyclic) bond motifs is 1. The number of halogens is 2. The topological polar surface area (TPSA) is 29.5 Å². The average Bonchev–Trinajstić information content (AvgIpc) is 2.60. The second kappa shape index (κ2) is 7.43. The Balaban J connectivity index is 1.74. The number of carbonyl (C=O) groups excluding carboxylic acids is 1. The van der Waals surface area contributed by atoms with Gasteiger partial charge in [-0.2, -0.15) is 0 Å². The molecule has 0 radical (unpaired) electrons. The Bertz CT molecular complexity index is 691. The number of amides is 1. The molecule has 0 aliphatic carbocycles. The SMILES string of the molecule is O=C([C@H]1COc2ccccc2C1)N(Cc1ccccc1)CC(F)F. The van der Waals surface area contributed by atoms with Gasteiger partial charge in [0.15, 0.2) is 0 Å². The highest BCUT2D eigenvalue weighted by Gasteiger charge is 2.30. The van der Waals surface area contributed by atoms with Crippen LogP contribution in [0.25, 0.3) is 0 Å². The molecule has 3 rings (SSSR count). The molecule has 0 N–H and O–H groups in total. The quantitative estimate of drug-likeness (QED) is 0.839. The van der Waals surface area contributed by atoms with E-state index in [1.54, 1.807) is 0 Å². The first-order valence-corrected chi connectivity index (χ1v) is 7.95. The first-order valence-electron chi connectivity index (χ1n) is 7.95. The molecule has 0 saturated carbocycles. The largest absolute Gasteiger partial charge is 0.492 e. The fourth-order valence-electron chi connectivity index (χ4n) is 2.95. The lowest BCUT2D eigenvalue weighted by atomic mass is 9.95. The molecule has 0 unspecified atom stereocenters. The molecule has 126 valence electrons. The van der Waals surface area contributed by atoms with Gasteiger partial charge >= 0.3 is 0 Å². The van der Waals surface area contributed by atoms with Crippen LogP contribution in [0.1, 0.15) is 11.1 Å². The Hall–Kier alpha value is -2.43. The van der Waals surface area contributed by atoms with Crippen LogP contribution in [-0.2, 0) is 17.8 Å². The third kappa shape index (κ3) is 3.91. The van der Waals surface area contributed by atoms with Crippen molar-refractivity contribution in [2.24, 2.45) is 5.92 Å². The standard InChI is InChI=1S/C19H19F2NO2/c20-18(21)12-22(11-14-6-2-1-3-7-14)19(23)16-10-15-8-4-5-9-17(15)24-13-16/h1-9,16,18H,10-13H2/t16-/m1/s1. The van der Waals surface area contributed by atoms with E-state index in [4.69, 9.17) is 4.74 Å². The normalized spacial score (nSPS) is 16.4. The van der Waals surface area contributed by atoms with Crippen molar-refractivity contribution in [3.8, 4) is 5.75 Å². The van der Waals surface area contributed by atoms with E-state index in [0.29, 0.717) is 6.42 Å². The monoisotopic (exact) mass is 331 g/mol. The van der Waals surface area contributed by atoms with Crippen molar-refractivity contribution in [1.29, 1.82) is 0 Å². The summed E-state index contributed by atoms with van der Waals surface area (Å²) < 4.78 is 31.5. The van der Waals surface area contributed by atoms with Crippen LogP contribution in [-0.4, -0.2) is 30.4 Å². The highest BCUT2D eigenvalue weighted by atomic mass is 19.3. The number of benzene rings is 2. The molecule has 0 spiro atoms. The Morgan fingerprint density at radius 3 is 2.58 bits per heavy atom. The third-order valence-electron chi connectivity index (χ3n) is 4.11. The summed E-state index contributed by atoms with van der Waals surface area (Å²) in [6, 6.07) is 16.7. The van der Waals surface area contributed by atoms with Crippen molar-refractivity contribution < 1.29 is 18.3 Å². The van der Waals surface area contributed by atoms with Crippen LogP contribution in [0.3, 0.4) is 0 Å². The molecule has 1 atom stereocenters. The van der Waals surface area contributed by atoms with Crippen LogP contribution in [0.15, 0.2) is 54.6 Å². The summed E-state index contributed by atoms with van der Waals surface area (Å²) in [5.41, 5.74) is 1.78. The van der Waals surface area contributed by atoms with Crippen molar-refractivity contribution in [2.75, 3.05) is 13.2 Å². The molecule has 2 aromatic rings. The van der Waals surface area contributed by atoms with Crippen LogP contribution in [0.4, 0.5) is 8.78 Å². The van der Waals surface area contributed by atoms with Gasteiger partial charge in [-0.1, -0.05) is 48.5 Å². The molecule has 1 aliphatic rings. The molecule has 0 bridgehead atoms. The van der Waals surface area contributed by atoms with Gasteiger partial charge in [-0.3, -0.25) is 4.79 Å². The molecular weight excluding hydrogens is 312 g/mol. The summed E-state index contributed by atoms with van der Waals surface area (Å²) in [5, 5.41) is 0. The van der Waals surface area contributed by atoms with E-state index in [2.05, 4.69) is 0 Å². The van der Waals surface area contributed by atoms with Gasteiger partial charge < -0.3 is 9.64 Å². The van der Waals surface area contributed by atoms with E-state index in [1.807, 2.05) is 54.6 Å². The van der Waals surface area contributed by atoms with Crippen LogP contribution >= 0.6 is 0 Å². The Kier molecular flexibility index (Phi) is 5.08. The number of ether oxygens (including phenoxy) is 1. The van der Waals surface area contributed by atoms with Gasteiger partial charge in [0.25, 0.3) is 6.43 Å². The number of para-hydroxylation sites is 1. The molecule has 5 heteroatoms. The van der Waals surface area contributed by atoms with Gasteiger partial charge in [0.2, 0.25) is 5.91 Å². The third-order valence-corrected chi connectivity index (χ3v) is 4.11.